The van der Waals surface area contributed by atoms with Gasteiger partial charge in [0.05, 0.1) is 11.2 Å². The average Bonchev–Trinajstić information content (AvgIpc) is 2.93. The van der Waals surface area contributed by atoms with E-state index in [-0.39, 0.29) is 24.1 Å². The molecule has 3 nitrogen and oxygen atoms in total. The molecular weight excluding hydrogens is 275 g/mol. The first-order chi connectivity index (χ1) is 10.4. The van der Waals surface area contributed by atoms with E-state index in [4.69, 9.17) is 13.7 Å². The van der Waals surface area contributed by atoms with Gasteiger partial charge < -0.3 is 13.7 Å². The zero-order valence-corrected chi connectivity index (χ0v) is 13.6. The second-order valence-electron chi connectivity index (χ2n) is 7.25. The van der Waals surface area contributed by atoms with Crippen LogP contribution in [0.25, 0.3) is 17.0 Å². The molecule has 4 heteroatoms. The number of fused-ring (bicyclic) bond motifs is 3. The molecule has 2 heterocycles. The molecule has 0 N–H and O–H groups in total. The van der Waals surface area contributed by atoms with Crippen LogP contribution in [0.5, 0.6) is 0 Å². The molecule has 0 bridgehead atoms. The van der Waals surface area contributed by atoms with Gasteiger partial charge in [0.15, 0.2) is 0 Å². The van der Waals surface area contributed by atoms with Gasteiger partial charge in [-0.05, 0) is 46.3 Å². The Labute approximate surface area is 131 Å². The maximum Gasteiger partial charge on any atom is 0.466 e. The first kappa shape index (κ1) is 14.1. The molecule has 1 aromatic carbocycles. The zero-order valence-electron chi connectivity index (χ0n) is 13.6. The van der Waals surface area contributed by atoms with Crippen molar-refractivity contribution in [2.45, 2.75) is 51.1 Å². The Morgan fingerprint density at radius 3 is 2.45 bits per heavy atom. The number of rotatable bonds is 1. The minimum Gasteiger partial charge on any atom is -0.456 e. The summed E-state index contributed by atoms with van der Waals surface area (Å²) in [6, 6.07) is 8.19. The van der Waals surface area contributed by atoms with E-state index in [1.807, 2.05) is 12.1 Å². The number of hydrogen-bond donors (Lipinski definition) is 0. The largest absolute Gasteiger partial charge is 0.466 e. The van der Waals surface area contributed by atoms with Gasteiger partial charge in [0, 0.05) is 16.8 Å². The van der Waals surface area contributed by atoms with E-state index < -0.39 is 0 Å². The van der Waals surface area contributed by atoms with E-state index in [2.05, 4.69) is 52.0 Å². The van der Waals surface area contributed by atoms with Crippen LogP contribution in [0.4, 0.5) is 0 Å². The zero-order chi connectivity index (χ0) is 15.5. The highest BCUT2D eigenvalue weighted by atomic mass is 16.7. The van der Waals surface area contributed by atoms with Gasteiger partial charge in [-0.1, -0.05) is 24.3 Å². The second-order valence-corrected chi connectivity index (χ2v) is 7.25. The van der Waals surface area contributed by atoms with Crippen molar-refractivity contribution in [3.05, 3.63) is 41.7 Å². The van der Waals surface area contributed by atoms with Crippen LogP contribution in [0.3, 0.4) is 0 Å². The van der Waals surface area contributed by atoms with Crippen molar-refractivity contribution < 1.29 is 13.7 Å². The third-order valence-electron chi connectivity index (χ3n) is 5.29. The average molecular weight is 296 g/mol. The van der Waals surface area contributed by atoms with Gasteiger partial charge in [-0.15, -0.1) is 0 Å². The first-order valence-electron chi connectivity index (χ1n) is 7.93. The minimum atomic E-state index is -0.307. The summed E-state index contributed by atoms with van der Waals surface area (Å²) >= 11 is 0. The van der Waals surface area contributed by atoms with E-state index in [1.165, 1.54) is 10.9 Å². The molecule has 1 unspecified atom stereocenters. The Morgan fingerprint density at radius 2 is 1.73 bits per heavy atom. The highest BCUT2D eigenvalue weighted by Crippen LogP contribution is 2.46. The van der Waals surface area contributed by atoms with Gasteiger partial charge in [0.2, 0.25) is 0 Å². The molecule has 0 spiro atoms. The van der Waals surface area contributed by atoms with Crippen LogP contribution in [0.15, 0.2) is 34.8 Å². The van der Waals surface area contributed by atoms with Gasteiger partial charge in [0.1, 0.15) is 11.3 Å². The van der Waals surface area contributed by atoms with Gasteiger partial charge in [0.25, 0.3) is 0 Å². The molecular formula is C18H21BO3. The number of hydrogen-bond acceptors (Lipinski definition) is 3. The summed E-state index contributed by atoms with van der Waals surface area (Å²) < 4.78 is 18.5. The number of para-hydroxylation sites is 1. The molecule has 2 aliphatic rings. The van der Waals surface area contributed by atoms with Crippen LogP contribution in [0.2, 0.25) is 0 Å². The Balaban J connectivity index is 1.79. The second kappa shape index (κ2) is 4.50. The molecule has 0 amide bonds. The fourth-order valence-corrected chi connectivity index (χ4v) is 3.33. The Hall–Kier alpha value is -1.52. The molecule has 4 rings (SSSR count). The highest BCUT2D eigenvalue weighted by molar-refractivity contribution is 6.48. The molecule has 1 fully saturated rings. The molecule has 2 aromatic rings. The van der Waals surface area contributed by atoms with Crippen molar-refractivity contribution in [3.8, 4) is 0 Å². The first-order valence-corrected chi connectivity index (χ1v) is 7.93. The van der Waals surface area contributed by atoms with E-state index >= 15 is 0 Å². The van der Waals surface area contributed by atoms with Gasteiger partial charge in [-0.25, -0.2) is 0 Å². The van der Waals surface area contributed by atoms with Crippen molar-refractivity contribution in [1.29, 1.82) is 0 Å². The lowest BCUT2D eigenvalue weighted by Gasteiger charge is -2.32. The molecule has 1 aromatic heterocycles. The van der Waals surface area contributed by atoms with Crippen molar-refractivity contribution in [2.75, 3.05) is 0 Å². The molecule has 0 saturated carbocycles. The van der Waals surface area contributed by atoms with Crippen LogP contribution >= 0.6 is 0 Å². The summed E-state index contributed by atoms with van der Waals surface area (Å²) in [6.45, 7) is 8.39. The maximum absolute atomic E-state index is 6.28. The lowest BCUT2D eigenvalue weighted by atomic mass is 9.64. The molecule has 1 atom stereocenters. The van der Waals surface area contributed by atoms with Crippen LogP contribution < -0.4 is 0 Å². The third kappa shape index (κ3) is 1.90. The summed E-state index contributed by atoms with van der Waals surface area (Å²) in [6.07, 6.45) is 5.13. The van der Waals surface area contributed by atoms with Gasteiger partial charge in [-0.3, -0.25) is 0 Å². The van der Waals surface area contributed by atoms with E-state index in [1.54, 1.807) is 0 Å². The molecule has 114 valence electrons. The number of allylic oxidation sites excluding steroid dienone is 1. The smallest absolute Gasteiger partial charge is 0.456 e. The Kier molecular flexibility index (Phi) is 2.88. The maximum atomic E-state index is 6.28. The predicted octanol–water partition coefficient (Wildman–Crippen LogP) is 4.56. The SMILES string of the molecule is CC1(C)OB(C2CC=Cc3oc4ccccc4c32)OC1(C)C. The number of benzene rings is 1. The highest BCUT2D eigenvalue weighted by Gasteiger charge is 2.54. The van der Waals surface area contributed by atoms with E-state index in [0.29, 0.717) is 0 Å². The lowest BCUT2D eigenvalue weighted by Crippen LogP contribution is -2.41. The molecule has 1 aliphatic carbocycles. The fourth-order valence-electron chi connectivity index (χ4n) is 3.33. The van der Waals surface area contributed by atoms with Gasteiger partial charge >= 0.3 is 7.12 Å². The summed E-state index contributed by atoms with van der Waals surface area (Å²) in [5, 5.41) is 1.17. The summed E-state index contributed by atoms with van der Waals surface area (Å²) in [7, 11) is -0.241. The number of furan rings is 1. The molecule has 1 aliphatic heterocycles. The fraction of sp³-hybridized carbons (Fsp3) is 0.444. The summed E-state index contributed by atoms with van der Waals surface area (Å²) in [4.78, 5) is 0. The van der Waals surface area contributed by atoms with Crippen LogP contribution in [-0.2, 0) is 9.31 Å². The third-order valence-corrected chi connectivity index (χ3v) is 5.29. The molecule has 1 saturated heterocycles. The van der Waals surface area contributed by atoms with Gasteiger partial charge in [-0.2, -0.15) is 0 Å². The van der Waals surface area contributed by atoms with E-state index in [0.717, 1.165) is 17.8 Å². The van der Waals surface area contributed by atoms with Crippen molar-refractivity contribution in [1.82, 2.24) is 0 Å². The van der Waals surface area contributed by atoms with E-state index in [9.17, 15) is 0 Å². The quantitative estimate of drug-likeness (QED) is 0.723. The van der Waals surface area contributed by atoms with Crippen molar-refractivity contribution in [2.24, 2.45) is 0 Å². The topological polar surface area (TPSA) is 31.6 Å². The van der Waals surface area contributed by atoms with Crippen LogP contribution in [0.1, 0.15) is 51.3 Å². The molecule has 22 heavy (non-hydrogen) atoms. The summed E-state index contributed by atoms with van der Waals surface area (Å²) in [5.74, 6) is 1.11. The van der Waals surface area contributed by atoms with Crippen molar-refractivity contribution in [3.63, 3.8) is 0 Å². The summed E-state index contributed by atoms with van der Waals surface area (Å²) in [5.41, 5.74) is 1.54. The lowest BCUT2D eigenvalue weighted by molar-refractivity contribution is 0.00578. The monoisotopic (exact) mass is 296 g/mol. The standard InChI is InChI=1S/C18H21BO3/c1-17(2)18(3,4)22-19(21-17)13-9-7-11-15-16(13)12-8-5-6-10-14(12)20-15/h5-8,10-11,13H,9H2,1-4H3. The normalized spacial score (nSPS) is 25.6. The van der Waals surface area contributed by atoms with Crippen LogP contribution in [0, 0.1) is 0 Å². The van der Waals surface area contributed by atoms with Crippen LogP contribution in [-0.4, -0.2) is 18.3 Å². The molecule has 0 radical (unpaired) electrons. The Bertz CT molecular complexity index is 741. The van der Waals surface area contributed by atoms with Crippen molar-refractivity contribution >= 4 is 24.2 Å². The Morgan fingerprint density at radius 1 is 1.05 bits per heavy atom. The minimum absolute atomic E-state index is 0.171. The predicted molar refractivity (Wildman–Crippen MR) is 88.7 cm³/mol.